The van der Waals surface area contributed by atoms with E-state index < -0.39 is 12.0 Å². The second kappa shape index (κ2) is 45.9. The Kier molecular flexibility index (Phi) is 44.7. The molecule has 6 nitrogen and oxygen atoms in total. The molecule has 59 heavy (non-hydrogen) atoms. The van der Waals surface area contributed by atoms with Crippen LogP contribution in [0.15, 0.2) is 0 Å². The Hall–Kier alpha value is -1.59. The molecule has 0 unspecified atom stereocenters. The first-order valence-electron chi connectivity index (χ1n) is 26.4. The molecule has 6 heteroatoms. The summed E-state index contributed by atoms with van der Waals surface area (Å²) >= 11 is 0. The quantitative estimate of drug-likeness (QED) is 0.0488. The molecule has 0 aromatic carbocycles. The lowest BCUT2D eigenvalue weighted by Gasteiger charge is -2.18. The van der Waals surface area contributed by atoms with Gasteiger partial charge in [-0.3, -0.25) is 9.59 Å². The van der Waals surface area contributed by atoms with Crippen molar-refractivity contribution in [1.29, 1.82) is 0 Å². The van der Waals surface area contributed by atoms with E-state index in [1.165, 1.54) is 186 Å². The van der Waals surface area contributed by atoms with Crippen LogP contribution in [0.25, 0.3) is 0 Å². The topological polar surface area (TPSA) is 81.7 Å². The van der Waals surface area contributed by atoms with Gasteiger partial charge in [-0.05, 0) is 37.5 Å². The van der Waals surface area contributed by atoms with Crippen LogP contribution in [0.1, 0.15) is 291 Å². The number of carbonyl (C=O) groups excluding carboxylic acids is 3. The third-order valence-electron chi connectivity index (χ3n) is 12.1. The van der Waals surface area contributed by atoms with E-state index in [0.717, 1.165) is 63.2 Å². The zero-order chi connectivity index (χ0) is 43.3. The van der Waals surface area contributed by atoms with Crippen LogP contribution in [0, 0.1) is 11.8 Å². The molecule has 0 aliphatic heterocycles. The first-order valence-corrected chi connectivity index (χ1v) is 26.4. The van der Waals surface area contributed by atoms with Crippen LogP contribution >= 0.6 is 0 Å². The molecule has 0 aromatic heterocycles. The van der Waals surface area contributed by atoms with Gasteiger partial charge in [-0.25, -0.2) is 4.79 Å². The number of hydrogen-bond donors (Lipinski definition) is 1. The molecular formula is C53H103NO5. The Morgan fingerprint density at radius 2 is 0.695 bits per heavy atom. The monoisotopic (exact) mass is 834 g/mol. The van der Waals surface area contributed by atoms with Gasteiger partial charge >= 0.3 is 11.9 Å². The van der Waals surface area contributed by atoms with Crippen molar-refractivity contribution in [1.82, 2.24) is 5.32 Å². The average Bonchev–Trinajstić information content (AvgIpc) is 3.21. The number of nitrogens with one attached hydrogen (secondary N) is 1. The first kappa shape index (κ1) is 57.4. The molecule has 0 bridgehead atoms. The van der Waals surface area contributed by atoms with E-state index in [1.807, 2.05) is 0 Å². The van der Waals surface area contributed by atoms with Crippen LogP contribution in [0.3, 0.4) is 0 Å². The zero-order valence-corrected chi connectivity index (χ0v) is 40.5. The first-order chi connectivity index (χ1) is 28.8. The van der Waals surface area contributed by atoms with Gasteiger partial charge in [-0.2, -0.15) is 0 Å². The third-order valence-corrected chi connectivity index (χ3v) is 12.1. The predicted octanol–water partition coefficient (Wildman–Crippen LogP) is 16.5. The van der Waals surface area contributed by atoms with Gasteiger partial charge in [0.2, 0.25) is 5.91 Å². The number of ether oxygens (including phenoxy) is 2. The molecule has 0 aliphatic rings. The predicted molar refractivity (Wildman–Crippen MR) is 254 cm³/mol. The van der Waals surface area contributed by atoms with Crippen molar-refractivity contribution in [3.8, 4) is 0 Å². The molecule has 0 aliphatic carbocycles. The summed E-state index contributed by atoms with van der Waals surface area (Å²) in [5, 5.41) is 2.91. The van der Waals surface area contributed by atoms with E-state index in [9.17, 15) is 14.4 Å². The summed E-state index contributed by atoms with van der Waals surface area (Å²) in [6, 6.07) is -0.802. The Morgan fingerprint density at radius 1 is 0.373 bits per heavy atom. The van der Waals surface area contributed by atoms with E-state index in [1.54, 1.807) is 0 Å². The normalized spacial score (nSPS) is 12.1. The van der Waals surface area contributed by atoms with Gasteiger partial charge < -0.3 is 14.8 Å². The zero-order valence-electron chi connectivity index (χ0n) is 40.5. The van der Waals surface area contributed by atoms with Crippen LogP contribution in [-0.2, 0) is 23.9 Å². The molecule has 350 valence electrons. The number of rotatable bonds is 47. The Morgan fingerprint density at radius 3 is 1.07 bits per heavy atom. The van der Waals surface area contributed by atoms with Crippen LogP contribution in [-0.4, -0.2) is 37.1 Å². The van der Waals surface area contributed by atoms with Gasteiger partial charge in [-0.15, -0.1) is 0 Å². The molecule has 0 aromatic rings. The van der Waals surface area contributed by atoms with Gasteiger partial charge in [0.25, 0.3) is 0 Å². The Bertz CT molecular complexity index is 904. The lowest BCUT2D eigenvalue weighted by molar-refractivity contribution is -0.149. The van der Waals surface area contributed by atoms with Gasteiger partial charge in [0.15, 0.2) is 0 Å². The summed E-state index contributed by atoms with van der Waals surface area (Å²) < 4.78 is 11.2. The minimum absolute atomic E-state index is 0.105. The SMILES string of the molecule is CCCCCCCCCCCC(=O)N[C@@H](CCC(=O)OCCCCCCCCCCCCCCCC(C)C)C(=O)OCCCCCCCCCCCCCCCC(C)C. The average molecular weight is 834 g/mol. The van der Waals surface area contributed by atoms with Crippen molar-refractivity contribution in [2.24, 2.45) is 11.8 Å². The molecule has 1 atom stereocenters. The summed E-state index contributed by atoms with van der Waals surface area (Å²) in [6.07, 6.45) is 47.5. The highest BCUT2D eigenvalue weighted by atomic mass is 16.5. The maximum Gasteiger partial charge on any atom is 0.328 e. The highest BCUT2D eigenvalue weighted by Gasteiger charge is 2.23. The second-order valence-electron chi connectivity index (χ2n) is 19.2. The lowest BCUT2D eigenvalue weighted by Crippen LogP contribution is -2.42. The van der Waals surface area contributed by atoms with Crippen molar-refractivity contribution in [2.45, 2.75) is 297 Å². The van der Waals surface area contributed by atoms with Crippen LogP contribution in [0.2, 0.25) is 0 Å². The maximum absolute atomic E-state index is 13.1. The molecule has 0 radical (unpaired) electrons. The smallest absolute Gasteiger partial charge is 0.328 e. The number of unbranched alkanes of at least 4 members (excludes halogenated alkanes) is 32. The van der Waals surface area contributed by atoms with E-state index >= 15 is 0 Å². The number of carbonyl (C=O) groups is 3. The Labute approximate surface area is 368 Å². The van der Waals surface area contributed by atoms with Gasteiger partial charge in [-0.1, -0.05) is 253 Å². The second-order valence-corrected chi connectivity index (χ2v) is 19.2. The van der Waals surface area contributed by atoms with E-state index in [2.05, 4.69) is 39.9 Å². The summed E-state index contributed by atoms with van der Waals surface area (Å²) in [7, 11) is 0. The molecule has 0 saturated carbocycles. The molecule has 1 amide bonds. The maximum atomic E-state index is 13.1. The van der Waals surface area contributed by atoms with E-state index in [-0.39, 0.29) is 24.7 Å². The van der Waals surface area contributed by atoms with Crippen molar-refractivity contribution < 1.29 is 23.9 Å². The molecule has 0 fully saturated rings. The fourth-order valence-corrected chi connectivity index (χ4v) is 8.10. The largest absolute Gasteiger partial charge is 0.466 e. The van der Waals surface area contributed by atoms with Gasteiger partial charge in [0.05, 0.1) is 13.2 Å². The highest BCUT2D eigenvalue weighted by Crippen LogP contribution is 2.17. The fourth-order valence-electron chi connectivity index (χ4n) is 8.10. The van der Waals surface area contributed by atoms with E-state index in [0.29, 0.717) is 19.6 Å². The summed E-state index contributed by atoms with van der Waals surface area (Å²) in [5.41, 5.74) is 0. The van der Waals surface area contributed by atoms with E-state index in [4.69, 9.17) is 9.47 Å². The minimum atomic E-state index is -0.802. The molecule has 0 saturated heterocycles. The summed E-state index contributed by atoms with van der Waals surface area (Å²) in [4.78, 5) is 38.6. The lowest BCUT2D eigenvalue weighted by atomic mass is 10.0. The summed E-state index contributed by atoms with van der Waals surface area (Å²) in [5.74, 6) is 0.836. The van der Waals surface area contributed by atoms with Gasteiger partial charge in [0, 0.05) is 12.8 Å². The third kappa shape index (κ3) is 45.8. The standard InChI is InChI=1S/C53H103NO5/c1-6-7-8-9-10-21-28-33-38-43-51(55)54-50(53(57)59-47-40-35-30-25-20-16-12-14-18-23-27-32-37-42-49(4)5)44-45-52(56)58-46-39-34-29-24-19-15-11-13-17-22-26-31-36-41-48(2)3/h48-50H,6-47H2,1-5H3,(H,54,55)/t50-/m0/s1. The van der Waals surface area contributed by atoms with Crippen molar-refractivity contribution in [2.75, 3.05) is 13.2 Å². The number of hydrogen-bond acceptors (Lipinski definition) is 5. The molecule has 0 heterocycles. The van der Waals surface area contributed by atoms with Gasteiger partial charge in [0.1, 0.15) is 6.04 Å². The Balaban J connectivity index is 4.24. The van der Waals surface area contributed by atoms with Crippen LogP contribution in [0.4, 0.5) is 0 Å². The molecular weight excluding hydrogens is 731 g/mol. The number of amides is 1. The van der Waals surface area contributed by atoms with Crippen molar-refractivity contribution >= 4 is 17.8 Å². The summed E-state index contributed by atoms with van der Waals surface area (Å²) in [6.45, 7) is 12.3. The molecule has 0 spiro atoms. The fraction of sp³-hybridized carbons (Fsp3) is 0.943. The highest BCUT2D eigenvalue weighted by molar-refractivity contribution is 5.85. The molecule has 0 rings (SSSR count). The van der Waals surface area contributed by atoms with Crippen molar-refractivity contribution in [3.05, 3.63) is 0 Å². The minimum Gasteiger partial charge on any atom is -0.466 e. The van der Waals surface area contributed by atoms with Crippen molar-refractivity contribution in [3.63, 3.8) is 0 Å². The number of esters is 2. The van der Waals surface area contributed by atoms with Crippen LogP contribution in [0.5, 0.6) is 0 Å². The van der Waals surface area contributed by atoms with Crippen LogP contribution < -0.4 is 5.32 Å². The molecule has 1 N–H and O–H groups in total.